The monoisotopic (exact) mass is 308 g/mol. The third kappa shape index (κ3) is 11.2. The van der Waals surface area contributed by atoms with Gasteiger partial charge in [0.25, 0.3) is 0 Å². The van der Waals surface area contributed by atoms with E-state index in [1.807, 2.05) is 0 Å². The maximum atomic E-state index is 8.52. The van der Waals surface area contributed by atoms with Crippen molar-refractivity contribution in [2.24, 2.45) is 5.92 Å². The van der Waals surface area contributed by atoms with E-state index >= 15 is 0 Å². The van der Waals surface area contributed by atoms with Crippen molar-refractivity contribution in [3.63, 3.8) is 0 Å². The fourth-order valence-electron chi connectivity index (χ4n) is 1.07. The zero-order valence-corrected chi connectivity index (χ0v) is 13.5. The molecule has 2 N–H and O–H groups in total. The molecule has 76 valence electrons. The van der Waals surface area contributed by atoms with Gasteiger partial charge in [-0.25, -0.2) is 0 Å². The van der Waals surface area contributed by atoms with Gasteiger partial charge in [-0.15, -0.1) is 0 Å². The standard InChI is InChI=1S/C8H19O3P.Cd/c1-3-5-6-8(4-2)7-11-12(9)10;/h8-10H,3-7H2,1-2H3;. The maximum absolute atomic E-state index is 8.52. The van der Waals surface area contributed by atoms with Gasteiger partial charge in [-0.3, -0.25) is 0 Å². The van der Waals surface area contributed by atoms with E-state index in [1.165, 1.54) is 12.8 Å². The van der Waals surface area contributed by atoms with Gasteiger partial charge >= 0.3 is 8.60 Å². The Labute approximate surface area is 102 Å². The molecule has 0 aromatic carbocycles. The van der Waals surface area contributed by atoms with Crippen LogP contribution in [-0.2, 0) is 31.8 Å². The quantitative estimate of drug-likeness (QED) is 0.561. The van der Waals surface area contributed by atoms with E-state index in [0.29, 0.717) is 12.5 Å². The van der Waals surface area contributed by atoms with Crippen molar-refractivity contribution in [2.75, 3.05) is 6.61 Å². The second-order valence-corrected chi connectivity index (χ2v) is 3.73. The molecule has 5 heteroatoms. The van der Waals surface area contributed by atoms with E-state index in [0.717, 1.165) is 12.8 Å². The number of rotatable bonds is 7. The van der Waals surface area contributed by atoms with E-state index in [9.17, 15) is 0 Å². The molecular formula is C8H19CdO3P. The minimum Gasteiger partial charge on any atom is -0.328 e. The van der Waals surface area contributed by atoms with Gasteiger partial charge in [0, 0.05) is 27.3 Å². The molecule has 0 aliphatic heterocycles. The summed E-state index contributed by atoms with van der Waals surface area (Å²) in [7, 11) is -2.15. The van der Waals surface area contributed by atoms with Crippen LogP contribution in [0.1, 0.15) is 39.5 Å². The summed E-state index contributed by atoms with van der Waals surface area (Å²) in [6.45, 7) is 4.73. The topological polar surface area (TPSA) is 49.7 Å². The van der Waals surface area contributed by atoms with Gasteiger partial charge in [-0.1, -0.05) is 33.1 Å². The Morgan fingerprint density at radius 2 is 1.92 bits per heavy atom. The van der Waals surface area contributed by atoms with Gasteiger partial charge in [0.05, 0.1) is 6.61 Å². The molecular weight excluding hydrogens is 287 g/mol. The van der Waals surface area contributed by atoms with E-state index in [2.05, 4.69) is 13.8 Å². The van der Waals surface area contributed by atoms with Crippen molar-refractivity contribution in [3.05, 3.63) is 0 Å². The van der Waals surface area contributed by atoms with E-state index < -0.39 is 8.60 Å². The molecule has 0 saturated carbocycles. The first-order chi connectivity index (χ1) is 5.70. The summed E-state index contributed by atoms with van der Waals surface area (Å²) in [5.74, 6) is 0.481. The van der Waals surface area contributed by atoms with Crippen LogP contribution in [0, 0.1) is 5.92 Å². The molecule has 0 aromatic rings. The van der Waals surface area contributed by atoms with Crippen molar-refractivity contribution in [3.8, 4) is 0 Å². The van der Waals surface area contributed by atoms with Crippen molar-refractivity contribution >= 4 is 8.60 Å². The Kier molecular flexibility index (Phi) is 14.5. The Morgan fingerprint density at radius 3 is 2.31 bits per heavy atom. The van der Waals surface area contributed by atoms with E-state index in [-0.39, 0.29) is 27.3 Å². The Balaban J connectivity index is 0. The van der Waals surface area contributed by atoms with Crippen molar-refractivity contribution < 1.29 is 41.6 Å². The molecule has 13 heavy (non-hydrogen) atoms. The first kappa shape index (κ1) is 16.7. The molecule has 0 saturated heterocycles. The number of hydrogen-bond acceptors (Lipinski definition) is 3. The molecule has 0 aliphatic rings. The van der Waals surface area contributed by atoms with Gasteiger partial charge < -0.3 is 14.3 Å². The van der Waals surface area contributed by atoms with Gasteiger partial charge in [0.1, 0.15) is 0 Å². The van der Waals surface area contributed by atoms with Gasteiger partial charge in [0.15, 0.2) is 0 Å². The van der Waals surface area contributed by atoms with Gasteiger partial charge in [0.2, 0.25) is 0 Å². The predicted molar refractivity (Wildman–Crippen MR) is 50.6 cm³/mol. The summed E-state index contributed by atoms with van der Waals surface area (Å²) in [6.07, 6.45) is 4.54. The molecule has 0 spiro atoms. The summed E-state index contributed by atoms with van der Waals surface area (Å²) in [5, 5.41) is 0. The molecule has 0 fully saturated rings. The van der Waals surface area contributed by atoms with E-state index in [1.54, 1.807) is 0 Å². The molecule has 0 rings (SSSR count). The molecule has 0 aromatic heterocycles. The minimum absolute atomic E-state index is 0. The average Bonchev–Trinajstić information content (AvgIpc) is 2.05. The minimum atomic E-state index is -2.15. The summed E-state index contributed by atoms with van der Waals surface area (Å²) in [5.41, 5.74) is 0. The summed E-state index contributed by atoms with van der Waals surface area (Å²) >= 11 is 0. The average molecular weight is 307 g/mol. The first-order valence-corrected chi connectivity index (χ1v) is 5.68. The molecule has 1 unspecified atom stereocenters. The largest absolute Gasteiger partial charge is 0.328 e. The van der Waals surface area contributed by atoms with E-state index in [4.69, 9.17) is 14.3 Å². The normalized spacial score (nSPS) is 12.7. The van der Waals surface area contributed by atoms with Crippen LogP contribution in [-0.4, -0.2) is 16.4 Å². The summed E-state index contributed by atoms with van der Waals surface area (Å²) < 4.78 is 4.77. The fraction of sp³-hybridized carbons (Fsp3) is 1.00. The van der Waals surface area contributed by atoms with Crippen LogP contribution in [0.15, 0.2) is 0 Å². The third-order valence-corrected chi connectivity index (χ3v) is 2.35. The summed E-state index contributed by atoms with van der Waals surface area (Å²) in [6, 6.07) is 0. The summed E-state index contributed by atoms with van der Waals surface area (Å²) in [4.78, 5) is 17.0. The van der Waals surface area contributed by atoms with Crippen LogP contribution in [0.3, 0.4) is 0 Å². The first-order valence-electron chi connectivity index (χ1n) is 4.51. The van der Waals surface area contributed by atoms with Crippen molar-refractivity contribution in [1.29, 1.82) is 0 Å². The van der Waals surface area contributed by atoms with Crippen LogP contribution in [0.25, 0.3) is 0 Å². The van der Waals surface area contributed by atoms with Gasteiger partial charge in [-0.2, -0.15) is 0 Å². The number of hydrogen-bond donors (Lipinski definition) is 2. The second-order valence-electron chi connectivity index (χ2n) is 2.97. The Hall–Kier alpha value is 1.23. The molecule has 0 amide bonds. The van der Waals surface area contributed by atoms with Crippen molar-refractivity contribution in [2.45, 2.75) is 39.5 Å². The predicted octanol–water partition coefficient (Wildman–Crippen LogP) is 2.43. The smallest absolute Gasteiger partial charge is 0.327 e. The second kappa shape index (κ2) is 11.3. The zero-order chi connectivity index (χ0) is 9.40. The SMILES string of the molecule is CCCCC(CC)COP(O)O.[Cd]. The molecule has 0 radical (unpaired) electrons. The fourth-order valence-corrected chi connectivity index (χ4v) is 1.41. The molecule has 0 heterocycles. The number of unbranched alkanes of at least 4 members (excludes halogenated alkanes) is 1. The molecule has 0 aliphatic carbocycles. The molecule has 1 atom stereocenters. The molecule has 3 nitrogen and oxygen atoms in total. The van der Waals surface area contributed by atoms with Crippen LogP contribution < -0.4 is 0 Å². The Bertz CT molecular complexity index is 103. The Morgan fingerprint density at radius 1 is 1.31 bits per heavy atom. The van der Waals surface area contributed by atoms with Crippen LogP contribution >= 0.6 is 8.60 Å². The van der Waals surface area contributed by atoms with Crippen LogP contribution in [0.4, 0.5) is 0 Å². The van der Waals surface area contributed by atoms with Crippen molar-refractivity contribution in [1.82, 2.24) is 0 Å². The van der Waals surface area contributed by atoms with Crippen LogP contribution in [0.2, 0.25) is 0 Å². The zero-order valence-electron chi connectivity index (χ0n) is 8.57. The third-order valence-electron chi connectivity index (χ3n) is 1.97. The molecule has 0 bridgehead atoms. The van der Waals surface area contributed by atoms with Gasteiger partial charge in [-0.05, 0) is 12.3 Å². The maximum Gasteiger partial charge on any atom is 0.327 e. The van der Waals surface area contributed by atoms with Crippen LogP contribution in [0.5, 0.6) is 0 Å².